The van der Waals surface area contributed by atoms with E-state index < -0.39 is 24.7 Å². The number of amides is 3. The van der Waals surface area contributed by atoms with Crippen LogP contribution in [-0.4, -0.2) is 71.6 Å². The average Bonchev–Trinajstić information content (AvgIpc) is 3.10. The zero-order valence-corrected chi connectivity index (χ0v) is 21.1. The second-order valence-corrected chi connectivity index (χ2v) is 9.56. The van der Waals surface area contributed by atoms with Gasteiger partial charge in [0.2, 0.25) is 11.8 Å². The Morgan fingerprint density at radius 1 is 0.816 bits per heavy atom. The molecule has 1 heterocycles. The summed E-state index contributed by atoms with van der Waals surface area (Å²) in [5.41, 5.74) is 4.68. The minimum Gasteiger partial charge on any atom is -0.445 e. The number of nitrogens with one attached hydrogen (secondary N) is 1. The van der Waals surface area contributed by atoms with Crippen molar-refractivity contribution in [3.8, 4) is 11.1 Å². The zero-order chi connectivity index (χ0) is 26.5. The van der Waals surface area contributed by atoms with Crippen LogP contribution in [0.4, 0.5) is 4.79 Å². The maximum Gasteiger partial charge on any atom is 0.410 e. The van der Waals surface area contributed by atoms with Crippen LogP contribution in [0.2, 0.25) is 0 Å². The van der Waals surface area contributed by atoms with Crippen LogP contribution in [0.5, 0.6) is 0 Å². The maximum atomic E-state index is 13.5. The van der Waals surface area contributed by atoms with E-state index in [-0.39, 0.29) is 18.4 Å². The van der Waals surface area contributed by atoms with Crippen molar-refractivity contribution in [3.63, 3.8) is 0 Å². The summed E-state index contributed by atoms with van der Waals surface area (Å²) in [6, 6.07) is 23.9. The molecule has 8 heteroatoms. The quantitative estimate of drug-likeness (QED) is 0.528. The highest BCUT2D eigenvalue weighted by Crippen LogP contribution is 2.44. The molecular weight excluding hydrogens is 482 g/mol. The third-order valence-corrected chi connectivity index (χ3v) is 7.16. The second kappa shape index (κ2) is 11.5. The van der Waals surface area contributed by atoms with Crippen LogP contribution in [0.25, 0.3) is 11.1 Å². The van der Waals surface area contributed by atoms with Gasteiger partial charge in [-0.1, -0.05) is 78.9 Å². The Hall–Kier alpha value is -4.17. The molecule has 196 valence electrons. The number of hydrogen-bond donors (Lipinski definition) is 2. The molecule has 1 fully saturated rings. The first kappa shape index (κ1) is 25.5. The SMILES string of the molecule is O=C(NC(CO)C(=O)N1CCCN(C(=O)OCc2ccccc2)CC1)C1c2ccccc2-c2ccccc21. The molecular formula is C30H31N3O5. The summed E-state index contributed by atoms with van der Waals surface area (Å²) >= 11 is 0. The predicted molar refractivity (Wildman–Crippen MR) is 142 cm³/mol. The number of carbonyl (C=O) groups excluding carboxylic acids is 3. The number of benzene rings is 3. The molecule has 1 atom stereocenters. The van der Waals surface area contributed by atoms with E-state index in [9.17, 15) is 19.5 Å². The molecule has 0 saturated carbocycles. The van der Waals surface area contributed by atoms with Gasteiger partial charge in [-0.3, -0.25) is 9.59 Å². The van der Waals surface area contributed by atoms with Crippen LogP contribution in [0.15, 0.2) is 78.9 Å². The van der Waals surface area contributed by atoms with Crippen molar-refractivity contribution in [2.75, 3.05) is 32.8 Å². The number of nitrogens with zero attached hydrogens (tertiary/aromatic N) is 2. The van der Waals surface area contributed by atoms with Gasteiger partial charge in [0.25, 0.3) is 0 Å². The summed E-state index contributed by atoms with van der Waals surface area (Å²) in [7, 11) is 0. The number of aliphatic hydroxyl groups excluding tert-OH is 1. The van der Waals surface area contributed by atoms with Crippen molar-refractivity contribution >= 4 is 17.9 Å². The van der Waals surface area contributed by atoms with Gasteiger partial charge in [-0.15, -0.1) is 0 Å². The fourth-order valence-electron chi connectivity index (χ4n) is 5.23. The molecule has 8 nitrogen and oxygen atoms in total. The van der Waals surface area contributed by atoms with Crippen molar-refractivity contribution in [2.45, 2.75) is 25.0 Å². The number of hydrogen-bond acceptors (Lipinski definition) is 5. The molecule has 1 unspecified atom stereocenters. The van der Waals surface area contributed by atoms with Crippen molar-refractivity contribution in [1.82, 2.24) is 15.1 Å². The van der Waals surface area contributed by atoms with Gasteiger partial charge in [0.1, 0.15) is 12.6 Å². The van der Waals surface area contributed by atoms with Crippen LogP contribution >= 0.6 is 0 Å². The lowest BCUT2D eigenvalue weighted by Crippen LogP contribution is -2.52. The minimum absolute atomic E-state index is 0.185. The lowest BCUT2D eigenvalue weighted by Gasteiger charge is -2.27. The fraction of sp³-hybridized carbons (Fsp3) is 0.300. The average molecular weight is 514 g/mol. The monoisotopic (exact) mass is 513 g/mol. The van der Waals surface area contributed by atoms with Crippen molar-refractivity contribution < 1.29 is 24.2 Å². The first-order chi connectivity index (χ1) is 18.6. The summed E-state index contributed by atoms with van der Waals surface area (Å²) in [6.07, 6.45) is 0.149. The molecule has 1 saturated heterocycles. The largest absolute Gasteiger partial charge is 0.445 e. The van der Waals surface area contributed by atoms with Crippen LogP contribution in [0.3, 0.4) is 0 Å². The molecule has 0 bridgehead atoms. The van der Waals surface area contributed by atoms with E-state index in [0.29, 0.717) is 32.6 Å². The first-order valence-electron chi connectivity index (χ1n) is 12.9. The van der Waals surface area contributed by atoms with E-state index in [0.717, 1.165) is 27.8 Å². The van der Waals surface area contributed by atoms with Crippen LogP contribution in [-0.2, 0) is 20.9 Å². The molecule has 3 aromatic carbocycles. The minimum atomic E-state index is -1.07. The van der Waals surface area contributed by atoms with Gasteiger partial charge < -0.3 is 25.0 Å². The molecule has 3 aromatic rings. The molecule has 1 aliphatic carbocycles. The van der Waals surface area contributed by atoms with Crippen LogP contribution in [0, 0.1) is 0 Å². The van der Waals surface area contributed by atoms with E-state index in [1.807, 2.05) is 78.9 Å². The van der Waals surface area contributed by atoms with Crippen LogP contribution < -0.4 is 5.32 Å². The molecule has 1 aliphatic heterocycles. The molecule has 0 aromatic heterocycles. The van der Waals surface area contributed by atoms with Gasteiger partial charge in [-0.25, -0.2) is 4.79 Å². The third kappa shape index (κ3) is 5.26. The Bertz CT molecular complexity index is 1270. The Labute approximate surface area is 221 Å². The van der Waals surface area contributed by atoms with Crippen molar-refractivity contribution in [1.29, 1.82) is 0 Å². The van der Waals surface area contributed by atoms with Gasteiger partial charge >= 0.3 is 6.09 Å². The normalized spacial score (nSPS) is 15.7. The number of carbonyl (C=O) groups is 3. The third-order valence-electron chi connectivity index (χ3n) is 7.16. The second-order valence-electron chi connectivity index (χ2n) is 9.56. The Morgan fingerprint density at radius 2 is 1.39 bits per heavy atom. The first-order valence-corrected chi connectivity index (χ1v) is 12.9. The van der Waals surface area contributed by atoms with E-state index in [4.69, 9.17) is 4.74 Å². The number of fused-ring (bicyclic) bond motifs is 3. The molecule has 5 rings (SSSR count). The van der Waals surface area contributed by atoms with E-state index in [1.54, 1.807) is 9.80 Å². The summed E-state index contributed by atoms with van der Waals surface area (Å²) in [5.74, 6) is -1.24. The molecule has 0 spiro atoms. The summed E-state index contributed by atoms with van der Waals surface area (Å²) in [5, 5.41) is 12.8. The summed E-state index contributed by atoms with van der Waals surface area (Å²) < 4.78 is 5.44. The number of rotatable bonds is 6. The Balaban J connectivity index is 1.21. The molecule has 0 radical (unpaired) electrons. The Morgan fingerprint density at radius 3 is 2.05 bits per heavy atom. The lowest BCUT2D eigenvalue weighted by atomic mass is 9.95. The predicted octanol–water partition coefficient (Wildman–Crippen LogP) is 3.15. The molecule has 38 heavy (non-hydrogen) atoms. The zero-order valence-electron chi connectivity index (χ0n) is 21.1. The molecule has 3 amide bonds. The smallest absolute Gasteiger partial charge is 0.410 e. The number of aliphatic hydroxyl groups is 1. The molecule has 2 aliphatic rings. The highest BCUT2D eigenvalue weighted by atomic mass is 16.6. The highest BCUT2D eigenvalue weighted by Gasteiger charge is 2.36. The Kier molecular flexibility index (Phi) is 7.70. The number of ether oxygens (including phenoxy) is 1. The summed E-state index contributed by atoms with van der Waals surface area (Å²) in [6.45, 7) is 1.16. The maximum absolute atomic E-state index is 13.5. The van der Waals surface area contributed by atoms with E-state index in [2.05, 4.69) is 5.32 Å². The van der Waals surface area contributed by atoms with E-state index >= 15 is 0 Å². The van der Waals surface area contributed by atoms with Gasteiger partial charge in [-0.2, -0.15) is 0 Å². The van der Waals surface area contributed by atoms with Gasteiger partial charge in [0.05, 0.1) is 12.5 Å². The highest BCUT2D eigenvalue weighted by molar-refractivity contribution is 5.98. The van der Waals surface area contributed by atoms with Crippen molar-refractivity contribution in [3.05, 3.63) is 95.6 Å². The molecule has 2 N–H and O–H groups in total. The fourth-order valence-corrected chi connectivity index (χ4v) is 5.23. The van der Waals surface area contributed by atoms with Gasteiger partial charge in [0, 0.05) is 26.2 Å². The standard InChI is InChI=1S/C30H31N3O5/c34-19-26(31-28(35)27-24-13-6-4-11-22(24)23-12-5-7-14-25(23)27)29(36)32-15-8-16-33(18-17-32)30(37)38-20-21-9-2-1-3-10-21/h1-7,9-14,26-27,34H,8,15-20H2,(H,31,35). The van der Waals surface area contributed by atoms with Crippen LogP contribution in [0.1, 0.15) is 29.0 Å². The van der Waals surface area contributed by atoms with Gasteiger partial charge in [-0.05, 0) is 34.2 Å². The van der Waals surface area contributed by atoms with E-state index in [1.165, 1.54) is 0 Å². The summed E-state index contributed by atoms with van der Waals surface area (Å²) in [4.78, 5) is 42.6. The van der Waals surface area contributed by atoms with Gasteiger partial charge in [0.15, 0.2) is 0 Å². The topological polar surface area (TPSA) is 99.2 Å². The van der Waals surface area contributed by atoms with Crippen molar-refractivity contribution in [2.24, 2.45) is 0 Å². The lowest BCUT2D eigenvalue weighted by molar-refractivity contribution is -0.137.